The van der Waals surface area contributed by atoms with Crippen LogP contribution in [0.5, 0.6) is 11.5 Å². The van der Waals surface area contributed by atoms with Crippen LogP contribution in [0.1, 0.15) is 6.92 Å². The van der Waals surface area contributed by atoms with Gasteiger partial charge in [0, 0.05) is 12.6 Å². The fourth-order valence-electron chi connectivity index (χ4n) is 1.87. The van der Waals surface area contributed by atoms with E-state index in [4.69, 9.17) is 9.47 Å². The van der Waals surface area contributed by atoms with Crippen LogP contribution in [0, 0.1) is 0 Å². The van der Waals surface area contributed by atoms with E-state index in [1.807, 2.05) is 0 Å². The van der Waals surface area contributed by atoms with E-state index < -0.39 is 38.0 Å². The molecule has 0 saturated carbocycles. The molecule has 2 N–H and O–H groups in total. The van der Waals surface area contributed by atoms with Crippen molar-refractivity contribution < 1.29 is 35.6 Å². The van der Waals surface area contributed by atoms with Gasteiger partial charge >= 0.3 is 0 Å². The highest BCUT2D eigenvalue weighted by atomic mass is 32.2. The molecule has 0 saturated heterocycles. The van der Waals surface area contributed by atoms with Crippen LogP contribution in [0.2, 0.25) is 0 Å². The molecule has 1 rings (SSSR count). The summed E-state index contributed by atoms with van der Waals surface area (Å²) in [5.41, 5.74) is 0. The van der Waals surface area contributed by atoms with Gasteiger partial charge in [0.15, 0.2) is 21.3 Å². The maximum Gasteiger partial charge on any atom is 0.264 e. The quantitative estimate of drug-likeness (QED) is 0.514. The van der Waals surface area contributed by atoms with Gasteiger partial charge in [0.25, 0.3) is 10.1 Å². The summed E-state index contributed by atoms with van der Waals surface area (Å²) >= 11 is 0. The van der Waals surface area contributed by atoms with E-state index in [2.05, 4.69) is 9.50 Å². The number of aliphatic hydroxyl groups is 1. The Balaban J connectivity index is 2.78. The standard InChI is InChI=1S/C14H23NO8S2/c1-10(15-8-11(16)9-23-24(4,17)18)25(19,20)12-5-6-13(21-2)14(7-12)22-3/h5-7,10-11,15-16H,8-9H2,1-4H3. The first kappa shape index (κ1) is 21.6. The lowest BCUT2D eigenvalue weighted by atomic mass is 10.3. The fourth-order valence-corrected chi connectivity index (χ4v) is 3.53. The molecule has 1 aromatic carbocycles. The number of aliphatic hydroxyl groups excluding tert-OH is 1. The van der Waals surface area contributed by atoms with E-state index in [0.717, 1.165) is 6.26 Å². The van der Waals surface area contributed by atoms with Crippen molar-refractivity contribution in [1.82, 2.24) is 5.32 Å². The summed E-state index contributed by atoms with van der Waals surface area (Å²) in [7, 11) is -4.59. The smallest absolute Gasteiger partial charge is 0.264 e. The zero-order valence-corrected chi connectivity index (χ0v) is 16.1. The van der Waals surface area contributed by atoms with Crippen LogP contribution in [-0.4, -0.2) is 67.0 Å². The molecule has 0 aliphatic rings. The lowest BCUT2D eigenvalue weighted by Crippen LogP contribution is -2.40. The summed E-state index contributed by atoms with van der Waals surface area (Å²) in [6.45, 7) is 0.786. The number of ether oxygens (including phenoxy) is 2. The van der Waals surface area contributed by atoms with Gasteiger partial charge in [-0.05, 0) is 19.1 Å². The Labute approximate surface area is 147 Å². The van der Waals surface area contributed by atoms with E-state index in [1.165, 1.54) is 39.3 Å². The van der Waals surface area contributed by atoms with Crippen LogP contribution in [0.4, 0.5) is 0 Å². The Bertz CT molecular complexity index is 776. The van der Waals surface area contributed by atoms with Crippen LogP contribution in [-0.2, 0) is 24.1 Å². The van der Waals surface area contributed by atoms with Crippen molar-refractivity contribution in [3.8, 4) is 11.5 Å². The molecular weight excluding hydrogens is 374 g/mol. The van der Waals surface area contributed by atoms with Crippen LogP contribution >= 0.6 is 0 Å². The third kappa shape index (κ3) is 6.44. The van der Waals surface area contributed by atoms with Crippen molar-refractivity contribution in [2.24, 2.45) is 0 Å². The van der Waals surface area contributed by atoms with Gasteiger partial charge in [-0.25, -0.2) is 8.42 Å². The summed E-state index contributed by atoms with van der Waals surface area (Å²) in [6.07, 6.45) is -0.324. The molecule has 0 bridgehead atoms. The van der Waals surface area contributed by atoms with E-state index in [1.54, 1.807) is 0 Å². The van der Waals surface area contributed by atoms with Crippen molar-refractivity contribution >= 4 is 20.0 Å². The first-order chi connectivity index (χ1) is 11.5. The van der Waals surface area contributed by atoms with Crippen molar-refractivity contribution in [1.29, 1.82) is 0 Å². The lowest BCUT2D eigenvalue weighted by molar-refractivity contribution is 0.109. The molecule has 0 aromatic heterocycles. The van der Waals surface area contributed by atoms with Gasteiger partial charge in [-0.15, -0.1) is 0 Å². The molecule has 0 aliphatic heterocycles. The van der Waals surface area contributed by atoms with Crippen molar-refractivity contribution in [3.63, 3.8) is 0 Å². The maximum atomic E-state index is 12.6. The SMILES string of the molecule is COc1ccc(S(=O)(=O)C(C)NCC(O)COS(C)(=O)=O)cc1OC. The molecule has 144 valence electrons. The third-order valence-corrected chi connectivity index (χ3v) is 5.84. The average molecular weight is 397 g/mol. The molecule has 1 aromatic rings. The van der Waals surface area contributed by atoms with Crippen molar-refractivity contribution in [3.05, 3.63) is 18.2 Å². The zero-order valence-electron chi connectivity index (χ0n) is 14.4. The molecule has 0 radical (unpaired) electrons. The molecule has 0 amide bonds. The largest absolute Gasteiger partial charge is 0.493 e. The molecule has 0 fully saturated rings. The number of benzene rings is 1. The zero-order chi connectivity index (χ0) is 19.3. The third-order valence-electron chi connectivity index (χ3n) is 3.26. The van der Waals surface area contributed by atoms with Crippen molar-refractivity contribution in [2.75, 3.05) is 33.6 Å². The monoisotopic (exact) mass is 397 g/mol. The van der Waals surface area contributed by atoms with Crippen LogP contribution in [0.15, 0.2) is 23.1 Å². The summed E-state index contributed by atoms with van der Waals surface area (Å²) < 4.78 is 61.5. The topological polar surface area (TPSA) is 128 Å². The van der Waals surface area contributed by atoms with Crippen LogP contribution in [0.25, 0.3) is 0 Å². The molecular formula is C14H23NO8S2. The maximum absolute atomic E-state index is 12.6. The van der Waals surface area contributed by atoms with Gasteiger partial charge < -0.3 is 14.6 Å². The first-order valence-electron chi connectivity index (χ1n) is 7.23. The number of sulfone groups is 1. The highest BCUT2D eigenvalue weighted by Gasteiger charge is 2.25. The van der Waals surface area contributed by atoms with Crippen LogP contribution < -0.4 is 14.8 Å². The molecule has 0 aliphatic carbocycles. The second-order valence-corrected chi connectivity index (χ2v) is 9.17. The van der Waals surface area contributed by atoms with Gasteiger partial charge in [-0.2, -0.15) is 8.42 Å². The second kappa shape index (κ2) is 8.81. The molecule has 9 nitrogen and oxygen atoms in total. The number of rotatable bonds is 10. The number of hydrogen-bond donors (Lipinski definition) is 2. The van der Waals surface area contributed by atoms with E-state index in [9.17, 15) is 21.9 Å². The predicted octanol–water partition coefficient (Wildman–Crippen LogP) is -0.250. The summed E-state index contributed by atoms with van der Waals surface area (Å²) in [4.78, 5) is 0.0204. The predicted molar refractivity (Wildman–Crippen MR) is 91.0 cm³/mol. The van der Waals surface area contributed by atoms with E-state index in [-0.39, 0.29) is 17.2 Å². The summed E-state index contributed by atoms with van der Waals surface area (Å²) in [6, 6.07) is 4.21. The highest BCUT2D eigenvalue weighted by molar-refractivity contribution is 7.92. The minimum Gasteiger partial charge on any atom is -0.493 e. The highest BCUT2D eigenvalue weighted by Crippen LogP contribution is 2.30. The van der Waals surface area contributed by atoms with Gasteiger partial charge in [0.2, 0.25) is 0 Å². The normalized spacial score (nSPS) is 14.8. The number of methoxy groups -OCH3 is 2. The Hall–Kier alpha value is -1.40. The molecule has 2 unspecified atom stereocenters. The Kier molecular flexibility index (Phi) is 7.62. The van der Waals surface area contributed by atoms with Crippen LogP contribution in [0.3, 0.4) is 0 Å². The van der Waals surface area contributed by atoms with Gasteiger partial charge in [0.05, 0.1) is 38.1 Å². The lowest BCUT2D eigenvalue weighted by Gasteiger charge is -2.18. The average Bonchev–Trinajstić information content (AvgIpc) is 2.56. The molecule has 25 heavy (non-hydrogen) atoms. The number of nitrogens with one attached hydrogen (secondary N) is 1. The number of hydrogen-bond acceptors (Lipinski definition) is 9. The molecule has 11 heteroatoms. The van der Waals surface area contributed by atoms with Gasteiger partial charge in [0.1, 0.15) is 5.37 Å². The van der Waals surface area contributed by atoms with E-state index in [0.29, 0.717) is 5.75 Å². The second-order valence-electron chi connectivity index (χ2n) is 5.25. The summed E-state index contributed by atoms with van der Waals surface area (Å²) in [5, 5.41) is 11.3. The molecule has 0 heterocycles. The fraction of sp³-hybridized carbons (Fsp3) is 0.571. The Morgan fingerprint density at radius 1 is 1.12 bits per heavy atom. The Morgan fingerprint density at radius 3 is 2.24 bits per heavy atom. The summed E-state index contributed by atoms with van der Waals surface area (Å²) in [5.74, 6) is 0.674. The Morgan fingerprint density at radius 2 is 1.72 bits per heavy atom. The van der Waals surface area contributed by atoms with Crippen molar-refractivity contribution in [2.45, 2.75) is 23.3 Å². The first-order valence-corrected chi connectivity index (χ1v) is 10.6. The van der Waals surface area contributed by atoms with E-state index >= 15 is 0 Å². The minimum absolute atomic E-state index is 0.0204. The molecule has 0 spiro atoms. The van der Waals surface area contributed by atoms with Gasteiger partial charge in [-0.1, -0.05) is 0 Å². The molecule has 2 atom stereocenters. The minimum atomic E-state index is -3.75. The van der Waals surface area contributed by atoms with Gasteiger partial charge in [-0.3, -0.25) is 9.50 Å².